The summed E-state index contributed by atoms with van der Waals surface area (Å²) in [6, 6.07) is 18.7. The van der Waals surface area contributed by atoms with Gasteiger partial charge in [0.1, 0.15) is 5.82 Å². The molecule has 1 aliphatic heterocycles. The van der Waals surface area contributed by atoms with E-state index in [0.29, 0.717) is 12.5 Å². The molecule has 6 nitrogen and oxygen atoms in total. The van der Waals surface area contributed by atoms with Crippen LogP contribution in [0.15, 0.2) is 54.6 Å². The molecule has 0 saturated carbocycles. The number of likely N-dealkylation sites (tertiary alicyclic amines) is 1. The summed E-state index contributed by atoms with van der Waals surface area (Å²) in [6.45, 7) is 3.52. The first-order chi connectivity index (χ1) is 14.0. The van der Waals surface area contributed by atoms with Gasteiger partial charge in [0.25, 0.3) is 5.91 Å². The third-order valence-corrected chi connectivity index (χ3v) is 5.53. The van der Waals surface area contributed by atoms with E-state index in [1.165, 1.54) is 5.56 Å². The Morgan fingerprint density at radius 3 is 2.48 bits per heavy atom. The highest BCUT2D eigenvalue weighted by Crippen LogP contribution is 2.18. The molecule has 2 aromatic carbocycles. The molecule has 4 rings (SSSR count). The Kier molecular flexibility index (Phi) is 5.45. The van der Waals surface area contributed by atoms with Crippen LogP contribution in [0.5, 0.6) is 0 Å². The minimum absolute atomic E-state index is 0.0884. The van der Waals surface area contributed by atoms with Gasteiger partial charge in [0.05, 0.1) is 5.69 Å². The third-order valence-electron chi connectivity index (χ3n) is 5.53. The number of carbonyl (C=O) groups excluding carboxylic acids is 1. The summed E-state index contributed by atoms with van der Waals surface area (Å²) in [5, 5.41) is 4.62. The molecule has 1 fully saturated rings. The molecule has 29 heavy (non-hydrogen) atoms. The van der Waals surface area contributed by atoms with Gasteiger partial charge < -0.3 is 9.80 Å². The molecule has 2 heterocycles. The Morgan fingerprint density at radius 1 is 1.10 bits per heavy atom. The average Bonchev–Trinajstić information content (AvgIpc) is 3.37. The molecule has 6 heteroatoms. The minimum atomic E-state index is -0.0884. The number of carbonyl (C=O) groups is 1. The lowest BCUT2D eigenvalue weighted by atomic mass is 10.1. The average molecular weight is 390 g/mol. The molecular weight excluding hydrogens is 362 g/mol. The number of rotatable bonds is 5. The van der Waals surface area contributed by atoms with Crippen LogP contribution in [-0.4, -0.2) is 63.7 Å². The molecule has 150 valence electrons. The highest BCUT2D eigenvalue weighted by atomic mass is 16.2. The summed E-state index contributed by atoms with van der Waals surface area (Å²) in [4.78, 5) is 21.8. The van der Waals surface area contributed by atoms with Crippen LogP contribution in [0.2, 0.25) is 0 Å². The zero-order valence-corrected chi connectivity index (χ0v) is 17.2. The summed E-state index contributed by atoms with van der Waals surface area (Å²) in [6.07, 6.45) is 1.60. The van der Waals surface area contributed by atoms with Crippen molar-refractivity contribution in [1.82, 2.24) is 24.6 Å². The summed E-state index contributed by atoms with van der Waals surface area (Å²) in [5.41, 5.74) is 3.24. The second-order valence-electron chi connectivity index (χ2n) is 7.92. The van der Waals surface area contributed by atoms with Gasteiger partial charge in [0.2, 0.25) is 5.82 Å². The first kappa shape index (κ1) is 19.3. The normalized spacial score (nSPS) is 16.6. The first-order valence-electron chi connectivity index (χ1n) is 10.0. The molecule has 0 aliphatic carbocycles. The van der Waals surface area contributed by atoms with Gasteiger partial charge in [-0.2, -0.15) is 0 Å². The van der Waals surface area contributed by atoms with Crippen LogP contribution in [0.25, 0.3) is 5.69 Å². The molecule has 1 unspecified atom stereocenters. The Hall–Kier alpha value is -2.99. The number of amides is 1. The maximum Gasteiger partial charge on any atom is 0.293 e. The molecular formula is C23H27N5O. The molecule has 0 bridgehead atoms. The number of likely N-dealkylation sites (N-methyl/N-ethyl adjacent to an activating group) is 1. The van der Waals surface area contributed by atoms with E-state index in [1.54, 1.807) is 4.68 Å². The first-order valence-corrected chi connectivity index (χ1v) is 10.0. The zero-order valence-electron chi connectivity index (χ0n) is 17.2. The van der Waals surface area contributed by atoms with Crippen molar-refractivity contribution >= 4 is 5.91 Å². The van der Waals surface area contributed by atoms with Gasteiger partial charge in [0.15, 0.2) is 0 Å². The molecule has 1 amide bonds. The predicted octanol–water partition coefficient (Wildman–Crippen LogP) is 2.94. The Morgan fingerprint density at radius 2 is 1.83 bits per heavy atom. The molecule has 1 aliphatic rings. The highest BCUT2D eigenvalue weighted by molar-refractivity contribution is 5.90. The maximum absolute atomic E-state index is 13.1. The molecule has 0 spiro atoms. The fourth-order valence-electron chi connectivity index (χ4n) is 3.71. The van der Waals surface area contributed by atoms with E-state index in [4.69, 9.17) is 0 Å². The SMILES string of the molecule is Cc1ccc(-n2nc(C(=O)N3CCC(N(C)C)C3)nc2Cc2ccccc2)cc1. The standard InChI is InChI=1S/C23H27N5O/c1-17-9-11-19(12-10-17)28-21(15-18-7-5-4-6-8-18)24-22(25-28)23(29)27-14-13-20(16-27)26(2)3/h4-12,20H,13-16H2,1-3H3. The number of benzene rings is 2. The van der Waals surface area contributed by atoms with E-state index in [-0.39, 0.29) is 11.7 Å². The Labute approximate surface area is 171 Å². The fraction of sp³-hybridized carbons (Fsp3) is 0.348. The van der Waals surface area contributed by atoms with Gasteiger partial charge in [0, 0.05) is 25.6 Å². The molecule has 3 aromatic rings. The lowest BCUT2D eigenvalue weighted by Crippen LogP contribution is -2.35. The van der Waals surface area contributed by atoms with Crippen LogP contribution in [0.4, 0.5) is 0 Å². The predicted molar refractivity (Wildman–Crippen MR) is 113 cm³/mol. The van der Waals surface area contributed by atoms with Crippen molar-refractivity contribution in [3.05, 3.63) is 77.4 Å². The summed E-state index contributed by atoms with van der Waals surface area (Å²) < 4.78 is 1.80. The van der Waals surface area contributed by atoms with E-state index in [2.05, 4.69) is 48.1 Å². The summed E-state index contributed by atoms with van der Waals surface area (Å²) in [7, 11) is 4.11. The van der Waals surface area contributed by atoms with E-state index < -0.39 is 0 Å². The van der Waals surface area contributed by atoms with Gasteiger partial charge in [-0.05, 0) is 45.1 Å². The maximum atomic E-state index is 13.1. The molecule has 0 N–H and O–H groups in total. The quantitative estimate of drug-likeness (QED) is 0.673. The fourth-order valence-corrected chi connectivity index (χ4v) is 3.71. The lowest BCUT2D eigenvalue weighted by Gasteiger charge is -2.19. The van der Waals surface area contributed by atoms with E-state index >= 15 is 0 Å². The largest absolute Gasteiger partial charge is 0.334 e. The monoisotopic (exact) mass is 389 g/mol. The van der Waals surface area contributed by atoms with E-state index in [0.717, 1.165) is 36.6 Å². The number of hydrogen-bond donors (Lipinski definition) is 0. The van der Waals surface area contributed by atoms with Crippen molar-refractivity contribution in [3.63, 3.8) is 0 Å². The third kappa shape index (κ3) is 4.22. The molecule has 1 aromatic heterocycles. The molecule has 1 atom stereocenters. The highest BCUT2D eigenvalue weighted by Gasteiger charge is 2.30. The zero-order chi connectivity index (χ0) is 20.4. The van der Waals surface area contributed by atoms with Crippen LogP contribution in [0, 0.1) is 6.92 Å². The van der Waals surface area contributed by atoms with Crippen molar-refractivity contribution in [2.45, 2.75) is 25.8 Å². The molecule has 1 saturated heterocycles. The Bertz CT molecular complexity index is 978. The van der Waals surface area contributed by atoms with Crippen LogP contribution in [0.3, 0.4) is 0 Å². The van der Waals surface area contributed by atoms with Gasteiger partial charge >= 0.3 is 0 Å². The van der Waals surface area contributed by atoms with Gasteiger partial charge in [-0.3, -0.25) is 4.79 Å². The van der Waals surface area contributed by atoms with Crippen molar-refractivity contribution in [2.75, 3.05) is 27.2 Å². The van der Waals surface area contributed by atoms with Crippen LogP contribution in [-0.2, 0) is 6.42 Å². The second kappa shape index (κ2) is 8.17. The summed E-state index contributed by atoms with van der Waals surface area (Å²) >= 11 is 0. The van der Waals surface area contributed by atoms with Crippen molar-refractivity contribution < 1.29 is 4.79 Å². The number of aromatic nitrogens is 3. The van der Waals surface area contributed by atoms with E-state index in [1.807, 2.05) is 47.4 Å². The van der Waals surface area contributed by atoms with Crippen LogP contribution >= 0.6 is 0 Å². The van der Waals surface area contributed by atoms with Crippen molar-refractivity contribution in [2.24, 2.45) is 0 Å². The van der Waals surface area contributed by atoms with Crippen molar-refractivity contribution in [3.8, 4) is 5.69 Å². The smallest absolute Gasteiger partial charge is 0.293 e. The number of nitrogens with zero attached hydrogens (tertiary/aromatic N) is 5. The second-order valence-corrected chi connectivity index (χ2v) is 7.92. The van der Waals surface area contributed by atoms with E-state index in [9.17, 15) is 4.79 Å². The van der Waals surface area contributed by atoms with Crippen LogP contribution < -0.4 is 0 Å². The Balaban J connectivity index is 1.65. The number of hydrogen-bond acceptors (Lipinski definition) is 4. The lowest BCUT2D eigenvalue weighted by molar-refractivity contribution is 0.0771. The summed E-state index contributed by atoms with van der Waals surface area (Å²) in [5.74, 6) is 0.956. The van der Waals surface area contributed by atoms with Gasteiger partial charge in [-0.15, -0.1) is 5.10 Å². The van der Waals surface area contributed by atoms with Gasteiger partial charge in [-0.1, -0.05) is 48.0 Å². The van der Waals surface area contributed by atoms with Crippen LogP contribution in [0.1, 0.15) is 34.0 Å². The molecule has 0 radical (unpaired) electrons. The number of aryl methyl sites for hydroxylation is 1. The topological polar surface area (TPSA) is 54.3 Å². The van der Waals surface area contributed by atoms with Crippen molar-refractivity contribution in [1.29, 1.82) is 0 Å². The minimum Gasteiger partial charge on any atom is -0.334 e. The van der Waals surface area contributed by atoms with Gasteiger partial charge in [-0.25, -0.2) is 9.67 Å².